The van der Waals surface area contributed by atoms with Crippen LogP contribution in [0.15, 0.2) is 29.3 Å². The molecule has 100 valence electrons. The van der Waals surface area contributed by atoms with Crippen molar-refractivity contribution >= 4 is 28.2 Å². The number of Topliss-reactive ketones (excluding diaryl/α,β-unsaturated/α-hetero) is 1. The molecule has 0 aromatic heterocycles. The van der Waals surface area contributed by atoms with E-state index in [0.717, 1.165) is 0 Å². The molecule has 1 aromatic carbocycles. The van der Waals surface area contributed by atoms with E-state index in [4.69, 9.17) is 17.5 Å². The first-order chi connectivity index (χ1) is 7.77. The van der Waals surface area contributed by atoms with E-state index in [1.165, 1.54) is 6.08 Å². The molecule has 0 unspecified atom stereocenters. The molecule has 0 saturated heterocycles. The summed E-state index contributed by atoms with van der Waals surface area (Å²) >= 11 is 0. The molecule has 1 heterocycles. The maximum Gasteiger partial charge on any atom is 0.394 e. The zero-order chi connectivity index (χ0) is 13.1. The summed E-state index contributed by atoms with van der Waals surface area (Å²) in [7, 11) is -4.67. The monoisotopic (exact) mass is 339 g/mol. The maximum atomic E-state index is 10.9. The Bertz CT molecular complexity index is 630. The quantitative estimate of drug-likeness (QED) is 0.308. The summed E-state index contributed by atoms with van der Waals surface area (Å²) in [5, 5.41) is 1.28. The van der Waals surface area contributed by atoms with Gasteiger partial charge in [-0.2, -0.15) is 8.42 Å². The Morgan fingerprint density at radius 3 is 2.05 bits per heavy atom. The van der Waals surface area contributed by atoms with Gasteiger partial charge in [-0.1, -0.05) is 18.2 Å². The van der Waals surface area contributed by atoms with E-state index < -0.39 is 22.1 Å². The SMILES string of the molecule is O.O=C1C=c2ccccc2=NC1=O.O=S(=O)(O)O.[Zn]. The van der Waals surface area contributed by atoms with Crippen molar-refractivity contribution in [3.05, 3.63) is 34.8 Å². The van der Waals surface area contributed by atoms with Gasteiger partial charge in [0.05, 0.1) is 5.36 Å². The Morgan fingerprint density at radius 2 is 1.53 bits per heavy atom. The molecule has 0 aliphatic carbocycles. The van der Waals surface area contributed by atoms with Gasteiger partial charge in [-0.3, -0.25) is 18.7 Å². The van der Waals surface area contributed by atoms with E-state index >= 15 is 0 Å². The average molecular weight is 341 g/mol. The summed E-state index contributed by atoms with van der Waals surface area (Å²) in [6.07, 6.45) is 1.31. The van der Waals surface area contributed by atoms with Crippen LogP contribution in [0.5, 0.6) is 0 Å². The van der Waals surface area contributed by atoms with Crippen LogP contribution in [0.2, 0.25) is 0 Å². The fourth-order valence-electron chi connectivity index (χ4n) is 1.08. The average Bonchev–Trinajstić information content (AvgIpc) is 2.17. The van der Waals surface area contributed by atoms with E-state index in [2.05, 4.69) is 4.99 Å². The number of nitrogens with zero attached hydrogens (tertiary/aromatic N) is 1. The smallest absolute Gasteiger partial charge is 0.394 e. The molecular weight excluding hydrogens is 332 g/mol. The van der Waals surface area contributed by atoms with Crippen molar-refractivity contribution in [2.24, 2.45) is 4.99 Å². The van der Waals surface area contributed by atoms with Crippen molar-refractivity contribution in [2.45, 2.75) is 0 Å². The molecular formula is C9H9NO7SZn. The topological polar surface area (TPSA) is 153 Å². The second-order valence-electron chi connectivity index (χ2n) is 2.93. The van der Waals surface area contributed by atoms with Gasteiger partial charge in [-0.25, -0.2) is 4.99 Å². The minimum Gasteiger partial charge on any atom is -0.412 e. The fraction of sp³-hybridized carbons (Fsp3) is 0. The molecule has 0 atom stereocenters. The minimum atomic E-state index is -4.67. The summed E-state index contributed by atoms with van der Waals surface area (Å²) in [5.41, 5.74) is 0. The number of hydrogen-bond donors (Lipinski definition) is 2. The molecule has 1 aliphatic rings. The van der Waals surface area contributed by atoms with Crippen LogP contribution in [0, 0.1) is 0 Å². The van der Waals surface area contributed by atoms with Gasteiger partial charge in [0.1, 0.15) is 0 Å². The maximum absolute atomic E-state index is 10.9. The number of carbonyl (C=O) groups is 2. The predicted molar refractivity (Wildman–Crippen MR) is 59.5 cm³/mol. The summed E-state index contributed by atoms with van der Waals surface area (Å²) in [6.45, 7) is 0. The largest absolute Gasteiger partial charge is 0.412 e. The van der Waals surface area contributed by atoms with Crippen LogP contribution in [-0.2, 0) is 39.5 Å². The van der Waals surface area contributed by atoms with Crippen LogP contribution in [0.4, 0.5) is 0 Å². The van der Waals surface area contributed by atoms with Gasteiger partial charge >= 0.3 is 16.3 Å². The zero-order valence-electron chi connectivity index (χ0n) is 9.48. The van der Waals surface area contributed by atoms with Crippen molar-refractivity contribution in [2.75, 3.05) is 0 Å². The Balaban J connectivity index is 0. The van der Waals surface area contributed by atoms with E-state index in [9.17, 15) is 9.59 Å². The number of ketones is 1. The second kappa shape index (κ2) is 7.98. The number of fused-ring (bicyclic) bond motifs is 1. The van der Waals surface area contributed by atoms with Crippen LogP contribution in [0.3, 0.4) is 0 Å². The van der Waals surface area contributed by atoms with Gasteiger partial charge in [-0.05, 0) is 6.07 Å². The predicted octanol–water partition coefficient (Wildman–Crippen LogP) is -2.28. The van der Waals surface area contributed by atoms with Crippen LogP contribution in [0.25, 0.3) is 6.08 Å². The molecule has 0 bridgehead atoms. The number of para-hydroxylation sites is 1. The molecule has 19 heavy (non-hydrogen) atoms. The zero-order valence-corrected chi connectivity index (χ0v) is 13.3. The first-order valence-electron chi connectivity index (χ1n) is 4.21. The number of benzene rings is 1. The van der Waals surface area contributed by atoms with Crippen LogP contribution in [0.1, 0.15) is 0 Å². The fourth-order valence-corrected chi connectivity index (χ4v) is 1.08. The standard InChI is InChI=1S/C9H5NO2.H2O4S.H2O.Zn/c11-8-5-6-3-1-2-4-7(6)10-9(8)12;1-5(2,3)4;;/h1-5H;(H2,1,2,3,4);1H2;. The third-order valence-corrected chi connectivity index (χ3v) is 1.66. The van der Waals surface area contributed by atoms with Crippen molar-refractivity contribution in [3.63, 3.8) is 0 Å². The third kappa shape index (κ3) is 7.65. The normalized spacial score (nSPS) is 12.3. The third-order valence-electron chi connectivity index (χ3n) is 1.66. The summed E-state index contributed by atoms with van der Waals surface area (Å²) < 4.78 is 31.6. The summed E-state index contributed by atoms with van der Waals surface area (Å²) in [5.74, 6) is -1.23. The number of hydrogen-bond acceptors (Lipinski definition) is 4. The van der Waals surface area contributed by atoms with Crippen molar-refractivity contribution in [1.82, 2.24) is 0 Å². The minimum absolute atomic E-state index is 0. The molecule has 0 spiro atoms. The van der Waals surface area contributed by atoms with Crippen molar-refractivity contribution < 1.29 is 52.1 Å². The first kappa shape index (κ1) is 20.0. The summed E-state index contributed by atoms with van der Waals surface area (Å²) in [4.78, 5) is 25.3. The molecule has 1 amide bonds. The number of amides is 1. The molecule has 1 aromatic rings. The Morgan fingerprint density at radius 1 is 1.05 bits per heavy atom. The molecule has 0 fully saturated rings. The van der Waals surface area contributed by atoms with E-state index in [1.807, 2.05) is 0 Å². The van der Waals surface area contributed by atoms with E-state index in [-0.39, 0.29) is 25.0 Å². The van der Waals surface area contributed by atoms with E-state index in [1.54, 1.807) is 24.3 Å². The van der Waals surface area contributed by atoms with Gasteiger partial charge < -0.3 is 5.48 Å². The van der Waals surface area contributed by atoms with Crippen LogP contribution in [-0.4, -0.2) is 34.7 Å². The molecule has 0 radical (unpaired) electrons. The van der Waals surface area contributed by atoms with Crippen molar-refractivity contribution in [1.29, 1.82) is 0 Å². The molecule has 8 nitrogen and oxygen atoms in total. The Hall–Kier alpha value is -1.32. The Labute approximate surface area is 120 Å². The van der Waals surface area contributed by atoms with Gasteiger partial charge in [0.2, 0.25) is 5.78 Å². The number of rotatable bonds is 0. The van der Waals surface area contributed by atoms with Gasteiger partial charge in [0, 0.05) is 30.8 Å². The molecule has 4 N–H and O–H groups in total. The van der Waals surface area contributed by atoms with Gasteiger partial charge in [0.15, 0.2) is 0 Å². The van der Waals surface area contributed by atoms with Crippen molar-refractivity contribution in [3.8, 4) is 0 Å². The van der Waals surface area contributed by atoms with Gasteiger partial charge in [0.25, 0.3) is 0 Å². The second-order valence-corrected chi connectivity index (χ2v) is 3.83. The molecule has 1 aliphatic heterocycles. The molecule has 0 saturated carbocycles. The van der Waals surface area contributed by atoms with Gasteiger partial charge in [-0.15, -0.1) is 0 Å². The Kier molecular flexibility index (Phi) is 8.40. The first-order valence-corrected chi connectivity index (χ1v) is 5.61. The van der Waals surface area contributed by atoms with Crippen LogP contribution >= 0.6 is 0 Å². The molecule has 2 rings (SSSR count). The summed E-state index contributed by atoms with van der Waals surface area (Å²) in [6, 6.07) is 7.03. The van der Waals surface area contributed by atoms with E-state index in [0.29, 0.717) is 10.6 Å². The number of carbonyl (C=O) groups excluding carboxylic acids is 2. The van der Waals surface area contributed by atoms with Crippen LogP contribution < -0.4 is 10.6 Å². The molecule has 10 heteroatoms.